The standard InChI is InChI=1S/C12H13F2NO/c13-11(14)5-6-12(16)15-8-7-9-3-1-2-4-10(9)15/h1-4,11H,5-8H2. The van der Waals surface area contributed by atoms with Crippen LogP contribution < -0.4 is 4.90 Å². The fourth-order valence-electron chi connectivity index (χ4n) is 1.96. The van der Waals surface area contributed by atoms with E-state index >= 15 is 0 Å². The molecule has 4 heteroatoms. The zero-order chi connectivity index (χ0) is 11.5. The Morgan fingerprint density at radius 1 is 1.38 bits per heavy atom. The summed E-state index contributed by atoms with van der Waals surface area (Å²) in [5.41, 5.74) is 2.00. The third-order valence-corrected chi connectivity index (χ3v) is 2.76. The number of halogens is 2. The zero-order valence-electron chi connectivity index (χ0n) is 8.83. The lowest BCUT2D eigenvalue weighted by atomic mass is 10.2. The number of para-hydroxylation sites is 1. The Morgan fingerprint density at radius 2 is 2.12 bits per heavy atom. The Hall–Kier alpha value is -1.45. The minimum Gasteiger partial charge on any atom is -0.312 e. The van der Waals surface area contributed by atoms with Crippen LogP contribution in [0.3, 0.4) is 0 Å². The van der Waals surface area contributed by atoms with Crippen LogP contribution in [-0.4, -0.2) is 18.9 Å². The summed E-state index contributed by atoms with van der Waals surface area (Å²) >= 11 is 0. The quantitative estimate of drug-likeness (QED) is 0.774. The average molecular weight is 225 g/mol. The Bertz CT molecular complexity index is 392. The van der Waals surface area contributed by atoms with Crippen molar-refractivity contribution in [2.45, 2.75) is 25.7 Å². The second-order valence-electron chi connectivity index (χ2n) is 3.85. The number of anilines is 1. The van der Waals surface area contributed by atoms with E-state index in [0.717, 1.165) is 17.7 Å². The Balaban J connectivity index is 2.04. The van der Waals surface area contributed by atoms with Crippen molar-refractivity contribution < 1.29 is 13.6 Å². The molecule has 0 bridgehead atoms. The first-order chi connectivity index (χ1) is 7.68. The molecule has 0 saturated carbocycles. The van der Waals surface area contributed by atoms with Gasteiger partial charge in [-0.05, 0) is 18.1 Å². The Kier molecular flexibility index (Phi) is 3.17. The number of carbonyl (C=O) groups excluding carboxylic acids is 1. The summed E-state index contributed by atoms with van der Waals surface area (Å²) < 4.78 is 24.0. The van der Waals surface area contributed by atoms with Crippen LogP contribution in [0.2, 0.25) is 0 Å². The van der Waals surface area contributed by atoms with Gasteiger partial charge in [-0.1, -0.05) is 18.2 Å². The molecule has 0 radical (unpaired) electrons. The van der Waals surface area contributed by atoms with Crippen LogP contribution in [0.5, 0.6) is 0 Å². The van der Waals surface area contributed by atoms with Crippen LogP contribution in [0.1, 0.15) is 18.4 Å². The van der Waals surface area contributed by atoms with Gasteiger partial charge in [0, 0.05) is 25.1 Å². The first-order valence-corrected chi connectivity index (χ1v) is 5.35. The summed E-state index contributed by atoms with van der Waals surface area (Å²) in [6, 6.07) is 7.61. The van der Waals surface area contributed by atoms with Gasteiger partial charge in [0.05, 0.1) is 0 Å². The summed E-state index contributed by atoms with van der Waals surface area (Å²) in [5.74, 6) is -0.203. The van der Waals surface area contributed by atoms with E-state index in [4.69, 9.17) is 0 Å². The van der Waals surface area contributed by atoms with Gasteiger partial charge >= 0.3 is 0 Å². The highest BCUT2D eigenvalue weighted by Gasteiger charge is 2.24. The molecule has 0 fully saturated rings. The maximum absolute atomic E-state index is 12.0. The van der Waals surface area contributed by atoms with Crippen LogP contribution in [0, 0.1) is 0 Å². The number of hydrogen-bond acceptors (Lipinski definition) is 1. The summed E-state index contributed by atoms with van der Waals surface area (Å²) in [6.45, 7) is 0.613. The smallest absolute Gasteiger partial charge is 0.239 e. The fraction of sp³-hybridized carbons (Fsp3) is 0.417. The van der Waals surface area contributed by atoms with Gasteiger partial charge in [0.15, 0.2) is 0 Å². The van der Waals surface area contributed by atoms with Gasteiger partial charge < -0.3 is 4.90 Å². The molecule has 1 aromatic rings. The molecule has 0 spiro atoms. The molecule has 0 aliphatic carbocycles. The van der Waals surface area contributed by atoms with E-state index in [1.165, 1.54) is 0 Å². The number of fused-ring (bicyclic) bond motifs is 1. The van der Waals surface area contributed by atoms with Crippen LogP contribution in [0.15, 0.2) is 24.3 Å². The van der Waals surface area contributed by atoms with Crippen molar-refractivity contribution in [3.8, 4) is 0 Å². The van der Waals surface area contributed by atoms with Gasteiger partial charge in [-0.3, -0.25) is 4.79 Å². The molecule has 0 saturated heterocycles. The van der Waals surface area contributed by atoms with Gasteiger partial charge in [-0.2, -0.15) is 0 Å². The molecule has 1 heterocycles. The molecule has 1 aromatic carbocycles. The summed E-state index contributed by atoms with van der Waals surface area (Å²) in [7, 11) is 0. The summed E-state index contributed by atoms with van der Waals surface area (Å²) in [5, 5.41) is 0. The zero-order valence-corrected chi connectivity index (χ0v) is 8.83. The first-order valence-electron chi connectivity index (χ1n) is 5.35. The predicted octanol–water partition coefficient (Wildman–Crippen LogP) is 2.62. The van der Waals surface area contributed by atoms with E-state index in [-0.39, 0.29) is 18.7 Å². The van der Waals surface area contributed by atoms with Gasteiger partial charge in [-0.15, -0.1) is 0 Å². The maximum atomic E-state index is 12.0. The molecule has 2 rings (SSSR count). The molecule has 0 atom stereocenters. The van der Waals surface area contributed by atoms with Crippen molar-refractivity contribution >= 4 is 11.6 Å². The molecule has 0 N–H and O–H groups in total. The van der Waals surface area contributed by atoms with Crippen molar-refractivity contribution in [1.82, 2.24) is 0 Å². The van der Waals surface area contributed by atoms with E-state index in [9.17, 15) is 13.6 Å². The van der Waals surface area contributed by atoms with Crippen molar-refractivity contribution in [2.75, 3.05) is 11.4 Å². The van der Waals surface area contributed by atoms with Crippen molar-refractivity contribution in [3.05, 3.63) is 29.8 Å². The maximum Gasteiger partial charge on any atom is 0.239 e. The van der Waals surface area contributed by atoms with Crippen LogP contribution in [-0.2, 0) is 11.2 Å². The van der Waals surface area contributed by atoms with E-state index in [1.54, 1.807) is 4.90 Å². The van der Waals surface area contributed by atoms with E-state index in [1.807, 2.05) is 24.3 Å². The third-order valence-electron chi connectivity index (χ3n) is 2.76. The third kappa shape index (κ3) is 2.21. The first kappa shape index (κ1) is 11.0. The van der Waals surface area contributed by atoms with Crippen LogP contribution >= 0.6 is 0 Å². The number of carbonyl (C=O) groups is 1. The lowest BCUT2D eigenvalue weighted by Crippen LogP contribution is -2.28. The summed E-state index contributed by atoms with van der Waals surface area (Å²) in [6.07, 6.45) is -2.01. The van der Waals surface area contributed by atoms with E-state index < -0.39 is 6.43 Å². The summed E-state index contributed by atoms with van der Waals surface area (Å²) in [4.78, 5) is 13.3. The second-order valence-corrected chi connectivity index (χ2v) is 3.85. The van der Waals surface area contributed by atoms with Crippen LogP contribution in [0.25, 0.3) is 0 Å². The normalized spacial score (nSPS) is 14.3. The fourth-order valence-corrected chi connectivity index (χ4v) is 1.96. The lowest BCUT2D eigenvalue weighted by Gasteiger charge is -2.16. The predicted molar refractivity (Wildman–Crippen MR) is 57.7 cm³/mol. The van der Waals surface area contributed by atoms with Gasteiger partial charge in [0.1, 0.15) is 0 Å². The largest absolute Gasteiger partial charge is 0.312 e. The van der Waals surface area contributed by atoms with Gasteiger partial charge in [-0.25, -0.2) is 8.78 Å². The van der Waals surface area contributed by atoms with Crippen molar-refractivity contribution in [3.63, 3.8) is 0 Å². The number of rotatable bonds is 3. The molecular weight excluding hydrogens is 212 g/mol. The minimum absolute atomic E-state index is 0.0774. The Labute approximate surface area is 92.9 Å². The monoisotopic (exact) mass is 225 g/mol. The SMILES string of the molecule is O=C(CCC(F)F)N1CCc2ccccc21. The number of hydrogen-bond donors (Lipinski definition) is 0. The highest BCUT2D eigenvalue weighted by atomic mass is 19.3. The number of nitrogens with zero attached hydrogens (tertiary/aromatic N) is 1. The van der Waals surface area contributed by atoms with E-state index in [2.05, 4.69) is 0 Å². The molecule has 0 aromatic heterocycles. The lowest BCUT2D eigenvalue weighted by molar-refractivity contribution is -0.119. The number of alkyl halides is 2. The van der Waals surface area contributed by atoms with Crippen molar-refractivity contribution in [2.24, 2.45) is 0 Å². The molecule has 1 aliphatic rings. The highest BCUT2D eigenvalue weighted by Crippen LogP contribution is 2.28. The molecule has 16 heavy (non-hydrogen) atoms. The Morgan fingerprint density at radius 3 is 2.88 bits per heavy atom. The van der Waals surface area contributed by atoms with Crippen molar-refractivity contribution in [1.29, 1.82) is 0 Å². The topological polar surface area (TPSA) is 20.3 Å². The van der Waals surface area contributed by atoms with Gasteiger partial charge in [0.25, 0.3) is 0 Å². The second kappa shape index (κ2) is 4.60. The molecule has 1 aliphatic heterocycles. The molecular formula is C12H13F2NO. The highest BCUT2D eigenvalue weighted by molar-refractivity contribution is 5.95. The molecule has 2 nitrogen and oxygen atoms in total. The molecule has 86 valence electrons. The average Bonchev–Trinajstić information content (AvgIpc) is 2.69. The van der Waals surface area contributed by atoms with E-state index in [0.29, 0.717) is 6.54 Å². The number of benzene rings is 1. The minimum atomic E-state index is -2.40. The van der Waals surface area contributed by atoms with Crippen LogP contribution in [0.4, 0.5) is 14.5 Å². The molecule has 0 unspecified atom stereocenters. The molecule has 1 amide bonds. The number of amides is 1. The van der Waals surface area contributed by atoms with Gasteiger partial charge in [0.2, 0.25) is 12.3 Å².